The maximum absolute atomic E-state index is 12.3. The molecule has 2 aliphatic heterocycles. The van der Waals surface area contributed by atoms with Crippen molar-refractivity contribution in [3.63, 3.8) is 0 Å². The van der Waals surface area contributed by atoms with Gasteiger partial charge in [-0.25, -0.2) is 9.78 Å². The number of piperazine rings is 1. The molecule has 2 unspecified atom stereocenters. The van der Waals surface area contributed by atoms with Gasteiger partial charge in [0.05, 0.1) is 40.9 Å². The van der Waals surface area contributed by atoms with Crippen LogP contribution >= 0.6 is 11.3 Å². The topological polar surface area (TPSA) is 95.0 Å². The van der Waals surface area contributed by atoms with Gasteiger partial charge in [-0.15, -0.1) is 0 Å². The Labute approximate surface area is 185 Å². The Hall–Kier alpha value is -1.95. The Kier molecular flexibility index (Phi) is 5.78. The summed E-state index contributed by atoms with van der Waals surface area (Å²) in [5, 5.41) is 12.4. The molecule has 29 heavy (non-hydrogen) atoms. The van der Waals surface area contributed by atoms with Gasteiger partial charge in [-0.3, -0.25) is 0 Å². The number of likely N-dealkylation sites (tertiary alicyclic amines) is 1. The van der Waals surface area contributed by atoms with Crippen molar-refractivity contribution in [1.82, 2.24) is 9.88 Å². The third kappa shape index (κ3) is 3.91. The Bertz CT molecular complexity index is 945. The number of fused-ring (bicyclic) bond motifs is 3. The first-order chi connectivity index (χ1) is 13.2. The van der Waals surface area contributed by atoms with Gasteiger partial charge in [0, 0.05) is 13.1 Å². The summed E-state index contributed by atoms with van der Waals surface area (Å²) in [5.41, 5.74) is 0.116. The van der Waals surface area contributed by atoms with Crippen molar-refractivity contribution in [1.29, 1.82) is 0 Å². The minimum Gasteiger partial charge on any atom is -0.545 e. The van der Waals surface area contributed by atoms with Gasteiger partial charge in [0.1, 0.15) is 11.4 Å². The number of carbonyl (C=O) groups excluding carboxylic acids is 2. The average Bonchev–Trinajstić information content (AvgIpc) is 3.01. The van der Waals surface area contributed by atoms with Crippen LogP contribution in [0.15, 0.2) is 12.1 Å². The van der Waals surface area contributed by atoms with Gasteiger partial charge < -0.3 is 29.2 Å². The molecule has 3 heterocycles. The molecule has 2 aliphatic rings. The zero-order chi connectivity index (χ0) is 20.2. The van der Waals surface area contributed by atoms with Crippen LogP contribution in [0.2, 0.25) is 0 Å². The van der Waals surface area contributed by atoms with Gasteiger partial charge in [-0.1, -0.05) is 11.3 Å². The van der Waals surface area contributed by atoms with Gasteiger partial charge in [0.25, 0.3) is 0 Å². The number of methoxy groups -OCH3 is 1. The summed E-state index contributed by atoms with van der Waals surface area (Å²) in [6.07, 6.45) is 0.682. The smallest absolute Gasteiger partial charge is 0.545 e. The van der Waals surface area contributed by atoms with Crippen LogP contribution in [-0.2, 0) is 4.74 Å². The fraction of sp³-hybridized carbons (Fsp3) is 0.526. The van der Waals surface area contributed by atoms with Crippen LogP contribution in [-0.4, -0.2) is 59.8 Å². The summed E-state index contributed by atoms with van der Waals surface area (Å²) >= 11 is 1.32. The molecule has 2 saturated heterocycles. The number of thiazole rings is 1. The Balaban J connectivity index is 0.00000240. The Morgan fingerprint density at radius 3 is 2.45 bits per heavy atom. The molecule has 1 aromatic carbocycles. The second-order valence-electron chi connectivity index (χ2n) is 8.11. The number of benzene rings is 1. The van der Waals surface area contributed by atoms with E-state index >= 15 is 0 Å². The summed E-state index contributed by atoms with van der Waals surface area (Å²) in [4.78, 5) is 32.5. The molecule has 10 heteroatoms. The Morgan fingerprint density at radius 2 is 1.90 bits per heavy atom. The van der Waals surface area contributed by atoms with Crippen molar-refractivity contribution >= 4 is 38.7 Å². The molecule has 4 rings (SSSR count). The molecule has 2 fully saturated rings. The van der Waals surface area contributed by atoms with E-state index in [1.165, 1.54) is 18.4 Å². The second-order valence-corrected chi connectivity index (χ2v) is 9.09. The number of carboxylic acids is 1. The zero-order valence-corrected chi connectivity index (χ0v) is 18.0. The van der Waals surface area contributed by atoms with Crippen molar-refractivity contribution in [3.8, 4) is 5.75 Å². The van der Waals surface area contributed by atoms with Gasteiger partial charge in [-0.2, -0.15) is 0 Å². The normalized spacial score (nSPS) is 20.7. The average molecular weight is 411 g/mol. The molecule has 0 N–H and O–H groups in total. The standard InChI is InChI=1S/C19H23N3O5S.Li/c1-19(2,3)27-18(25)21-8-10-7-11(9-21)22(10)17-20-12-5-6-13(26-4)14(16(23)24)15(12)28-17;/h5-6,10-11H,7-9H2,1-4H3,(H,23,24);/q;+1/p-1. The number of nitrogens with zero attached hydrogens (tertiary/aromatic N) is 3. The minimum absolute atomic E-state index is 0. The van der Waals surface area contributed by atoms with Gasteiger partial charge >= 0.3 is 25.0 Å². The molecule has 8 nitrogen and oxygen atoms in total. The van der Waals surface area contributed by atoms with Gasteiger partial charge in [0.15, 0.2) is 5.13 Å². The molecule has 0 saturated carbocycles. The van der Waals surface area contributed by atoms with E-state index in [0.29, 0.717) is 23.3 Å². The first-order valence-electron chi connectivity index (χ1n) is 9.13. The van der Waals surface area contributed by atoms with E-state index in [1.807, 2.05) is 20.8 Å². The summed E-state index contributed by atoms with van der Waals surface area (Å²) in [6, 6.07) is 3.65. The number of rotatable bonds is 3. The van der Waals surface area contributed by atoms with Crippen molar-refractivity contribution in [2.75, 3.05) is 25.1 Å². The maximum atomic E-state index is 12.3. The molecular weight excluding hydrogens is 389 g/mol. The molecule has 0 spiro atoms. The number of aromatic carboxylic acids is 1. The van der Waals surface area contributed by atoms with E-state index in [1.54, 1.807) is 17.0 Å². The minimum atomic E-state index is -1.28. The zero-order valence-electron chi connectivity index (χ0n) is 17.2. The number of ether oxygens (including phenoxy) is 2. The van der Waals surface area contributed by atoms with Crippen molar-refractivity contribution in [2.24, 2.45) is 0 Å². The molecule has 1 aromatic heterocycles. The third-order valence-electron chi connectivity index (χ3n) is 5.00. The number of amides is 1. The van der Waals surface area contributed by atoms with Crippen LogP contribution in [0.4, 0.5) is 9.93 Å². The monoisotopic (exact) mass is 411 g/mol. The van der Waals surface area contributed by atoms with Crippen molar-refractivity contribution in [3.05, 3.63) is 17.7 Å². The summed E-state index contributed by atoms with van der Waals surface area (Å²) < 4.78 is 11.2. The van der Waals surface area contributed by atoms with Crippen LogP contribution in [0, 0.1) is 0 Å². The molecule has 1 amide bonds. The van der Waals surface area contributed by atoms with E-state index in [4.69, 9.17) is 9.47 Å². The molecule has 2 aromatic rings. The SMILES string of the molecule is COc1ccc2nc(N3C4CC3CN(C(=O)OC(C)(C)C)C4)sc2c1C(=O)[O-].[Li+]. The van der Waals surface area contributed by atoms with Crippen LogP contribution in [0.1, 0.15) is 37.6 Å². The molecule has 0 aliphatic carbocycles. The maximum Gasteiger partial charge on any atom is 1.00 e. The quantitative estimate of drug-likeness (QED) is 0.590. The number of carboxylic acid groups (broad SMARTS) is 1. The summed E-state index contributed by atoms with van der Waals surface area (Å²) in [6.45, 7) is 6.69. The number of hydrogen-bond acceptors (Lipinski definition) is 8. The van der Waals surface area contributed by atoms with Crippen LogP contribution in [0.5, 0.6) is 5.75 Å². The number of carbonyl (C=O) groups is 2. The predicted octanol–water partition coefficient (Wildman–Crippen LogP) is -1.13. The van der Waals surface area contributed by atoms with Crippen molar-refractivity contribution in [2.45, 2.75) is 44.9 Å². The molecule has 0 radical (unpaired) electrons. The third-order valence-corrected chi connectivity index (χ3v) is 6.10. The number of piperidine rings is 1. The number of aromatic nitrogens is 1. The molecule has 2 bridgehead atoms. The number of anilines is 1. The van der Waals surface area contributed by atoms with Gasteiger partial charge in [-0.05, 0) is 39.3 Å². The van der Waals surface area contributed by atoms with E-state index in [9.17, 15) is 14.7 Å². The Morgan fingerprint density at radius 1 is 1.24 bits per heavy atom. The van der Waals surface area contributed by atoms with Crippen molar-refractivity contribution < 1.29 is 43.0 Å². The fourth-order valence-corrected chi connectivity index (χ4v) is 5.07. The van der Waals surface area contributed by atoms with Crippen LogP contribution < -0.4 is 33.6 Å². The molecular formula is C19H22LiN3O5S. The van der Waals surface area contributed by atoms with E-state index in [-0.39, 0.29) is 48.4 Å². The fourth-order valence-electron chi connectivity index (χ4n) is 3.83. The first-order valence-corrected chi connectivity index (χ1v) is 9.94. The summed E-state index contributed by atoms with van der Waals surface area (Å²) in [7, 11) is 1.43. The number of hydrogen-bond donors (Lipinski definition) is 0. The van der Waals surface area contributed by atoms with Gasteiger partial charge in [0.2, 0.25) is 0 Å². The van der Waals surface area contributed by atoms with Crippen LogP contribution in [0.25, 0.3) is 10.2 Å². The largest absolute Gasteiger partial charge is 1.00 e. The first kappa shape index (κ1) is 21.7. The van der Waals surface area contributed by atoms with Crippen LogP contribution in [0.3, 0.4) is 0 Å². The van der Waals surface area contributed by atoms with E-state index < -0.39 is 11.6 Å². The second kappa shape index (κ2) is 7.71. The molecule has 2 atom stereocenters. The van der Waals surface area contributed by atoms with E-state index in [0.717, 1.165) is 11.6 Å². The predicted molar refractivity (Wildman–Crippen MR) is 103 cm³/mol. The molecule has 150 valence electrons. The summed E-state index contributed by atoms with van der Waals surface area (Å²) in [5.74, 6) is -1.01. The van der Waals surface area contributed by atoms with E-state index in [2.05, 4.69) is 9.88 Å².